The Bertz CT molecular complexity index is 3120. The van der Waals surface area contributed by atoms with Crippen molar-refractivity contribution >= 4 is 0 Å². The molecule has 0 aliphatic heterocycles. The summed E-state index contributed by atoms with van der Waals surface area (Å²) < 4.78 is 0. The summed E-state index contributed by atoms with van der Waals surface area (Å²) in [6.45, 7) is 0. The van der Waals surface area contributed by atoms with Crippen LogP contribution in [-0.4, -0.2) is 81.7 Å². The van der Waals surface area contributed by atoms with E-state index in [0.29, 0.717) is 51.4 Å². The number of benzene rings is 8. The maximum absolute atomic E-state index is 12.3. The van der Waals surface area contributed by atoms with Crippen LogP contribution in [0.3, 0.4) is 0 Å². The van der Waals surface area contributed by atoms with Crippen LogP contribution >= 0.6 is 0 Å². The van der Waals surface area contributed by atoms with Crippen molar-refractivity contribution in [3.63, 3.8) is 0 Å². The zero-order chi connectivity index (χ0) is 61.7. The third kappa shape index (κ3) is 9.86. The monoisotopic (exact) mass is 1190 g/mol. The summed E-state index contributed by atoms with van der Waals surface area (Å²) in [6, 6.07) is 23.2. The lowest BCUT2D eigenvalue weighted by Crippen LogP contribution is -2.13. The molecule has 0 saturated carbocycles. The molecular formula is C72H72O16. The van der Waals surface area contributed by atoms with Gasteiger partial charge in [-0.3, -0.25) is 0 Å². The normalized spacial score (nSPS) is 22.5. The van der Waals surface area contributed by atoms with E-state index in [-0.39, 0.29) is 232 Å². The molecule has 8 aromatic rings. The highest BCUT2D eigenvalue weighted by atomic mass is 16.3. The molecule has 0 spiro atoms. The molecule has 8 aromatic carbocycles. The smallest absolute Gasteiger partial charge is 0.123 e. The summed E-state index contributed by atoms with van der Waals surface area (Å²) in [7, 11) is 0. The minimum absolute atomic E-state index is 0.179. The predicted octanol–water partition coefficient (Wildman–Crippen LogP) is 14.6. The minimum Gasteiger partial charge on any atom is -0.508 e. The second kappa shape index (κ2) is 22.4. The van der Waals surface area contributed by atoms with Crippen molar-refractivity contribution in [2.45, 2.75) is 150 Å². The van der Waals surface area contributed by atoms with Crippen LogP contribution in [0.5, 0.6) is 92.0 Å². The Morgan fingerprint density at radius 2 is 0.216 bits per heavy atom. The molecule has 0 fully saturated rings. The number of aromatic hydroxyl groups is 16. The summed E-state index contributed by atoms with van der Waals surface area (Å²) >= 11 is 0. The van der Waals surface area contributed by atoms with E-state index in [0.717, 1.165) is 0 Å². The molecule has 16 N–H and O–H groups in total. The molecule has 456 valence electrons. The Hall–Kier alpha value is -9.44. The lowest BCUT2D eigenvalue weighted by Gasteiger charge is -2.31. The number of phenolic OH excluding ortho intramolecular Hbond substituents is 16. The van der Waals surface area contributed by atoms with Crippen LogP contribution in [0.4, 0.5) is 0 Å². The fourth-order valence-corrected chi connectivity index (χ4v) is 16.0. The average Bonchev–Trinajstić information content (AvgIpc) is 2.01. The maximum atomic E-state index is 12.3. The zero-order valence-corrected chi connectivity index (χ0v) is 48.3. The van der Waals surface area contributed by atoms with Crippen molar-refractivity contribution < 1.29 is 81.7 Å². The highest BCUT2D eigenvalue weighted by Gasteiger charge is 2.38. The molecule has 0 atom stereocenters. The number of hydrogen-bond donors (Lipinski definition) is 16. The van der Waals surface area contributed by atoms with Crippen LogP contribution in [0.15, 0.2) is 97.1 Å². The van der Waals surface area contributed by atoms with Crippen LogP contribution in [0.1, 0.15) is 239 Å². The molecule has 0 saturated heterocycles. The molecule has 16 nitrogen and oxygen atoms in total. The Morgan fingerprint density at radius 3 is 0.295 bits per heavy atom. The van der Waals surface area contributed by atoms with E-state index in [1.54, 1.807) is 48.5 Å². The Labute approximate surface area is 507 Å². The van der Waals surface area contributed by atoms with Crippen LogP contribution < -0.4 is 0 Å². The Kier molecular flexibility index (Phi) is 14.6. The van der Waals surface area contributed by atoms with Crippen LogP contribution in [-0.2, 0) is 0 Å². The molecule has 14 rings (SSSR count). The number of fused-ring (bicyclic) bond motifs is 12. The Morgan fingerprint density at radius 1 is 0.136 bits per heavy atom. The summed E-state index contributed by atoms with van der Waals surface area (Å²) in [5, 5.41) is 197. The van der Waals surface area contributed by atoms with Gasteiger partial charge in [-0.2, -0.15) is 0 Å². The lowest BCUT2D eigenvalue weighted by atomic mass is 9.74. The van der Waals surface area contributed by atoms with Gasteiger partial charge in [-0.1, -0.05) is 51.4 Å². The van der Waals surface area contributed by atoms with E-state index in [4.69, 9.17) is 0 Å². The molecule has 88 heavy (non-hydrogen) atoms. The first-order valence-electron chi connectivity index (χ1n) is 30.7. The molecule has 24 bridgehead atoms. The van der Waals surface area contributed by atoms with Gasteiger partial charge in [0.1, 0.15) is 92.0 Å². The maximum Gasteiger partial charge on any atom is 0.123 e. The van der Waals surface area contributed by atoms with Gasteiger partial charge in [0, 0.05) is 185 Å². The first-order chi connectivity index (χ1) is 42.2. The van der Waals surface area contributed by atoms with Gasteiger partial charge in [-0.15, -0.1) is 0 Å². The molecule has 6 aliphatic rings. The second-order valence-corrected chi connectivity index (χ2v) is 25.3. The first kappa shape index (κ1) is 57.6. The largest absolute Gasteiger partial charge is 0.508 e. The zero-order valence-electron chi connectivity index (χ0n) is 48.3. The minimum atomic E-state index is -0.896. The van der Waals surface area contributed by atoms with E-state index in [2.05, 4.69) is 0 Å². The van der Waals surface area contributed by atoms with Crippen LogP contribution in [0.25, 0.3) is 0 Å². The second-order valence-electron chi connectivity index (χ2n) is 25.3. The summed E-state index contributed by atoms with van der Waals surface area (Å²) in [4.78, 5) is 0. The van der Waals surface area contributed by atoms with Crippen molar-refractivity contribution in [3.05, 3.63) is 186 Å². The van der Waals surface area contributed by atoms with Crippen molar-refractivity contribution in [2.24, 2.45) is 0 Å². The average molecular weight is 1190 g/mol. The molecule has 6 aliphatic carbocycles. The summed E-state index contributed by atoms with van der Waals surface area (Å²) in [5.41, 5.74) is 4.56. The van der Waals surface area contributed by atoms with Crippen molar-refractivity contribution in [2.75, 3.05) is 0 Å². The van der Waals surface area contributed by atoms with Gasteiger partial charge >= 0.3 is 0 Å². The van der Waals surface area contributed by atoms with Crippen LogP contribution in [0.2, 0.25) is 0 Å². The fourth-order valence-electron chi connectivity index (χ4n) is 16.0. The third-order valence-electron chi connectivity index (χ3n) is 20.4. The quantitative estimate of drug-likeness (QED) is 0.0671. The van der Waals surface area contributed by atoms with E-state index in [1.807, 2.05) is 0 Å². The van der Waals surface area contributed by atoms with E-state index in [1.165, 1.54) is 48.5 Å². The first-order valence-corrected chi connectivity index (χ1v) is 30.7. The van der Waals surface area contributed by atoms with Crippen molar-refractivity contribution in [3.8, 4) is 92.0 Å². The molecule has 0 aromatic heterocycles. The van der Waals surface area contributed by atoms with Crippen molar-refractivity contribution in [1.82, 2.24) is 0 Å². The molecule has 0 unspecified atom stereocenters. The van der Waals surface area contributed by atoms with Crippen LogP contribution in [0, 0.1) is 0 Å². The molecule has 0 amide bonds. The molecule has 16 heteroatoms. The topological polar surface area (TPSA) is 324 Å². The van der Waals surface area contributed by atoms with Gasteiger partial charge in [0.05, 0.1) is 0 Å². The molecular weight excluding hydrogens is 1120 g/mol. The van der Waals surface area contributed by atoms with E-state index in [9.17, 15) is 81.7 Å². The van der Waals surface area contributed by atoms with Gasteiger partial charge in [0.15, 0.2) is 0 Å². The van der Waals surface area contributed by atoms with Gasteiger partial charge in [-0.25, -0.2) is 0 Å². The summed E-state index contributed by atoms with van der Waals surface area (Å²) in [5.74, 6) is -12.3. The van der Waals surface area contributed by atoms with Gasteiger partial charge in [0.2, 0.25) is 0 Å². The lowest BCUT2D eigenvalue weighted by molar-refractivity contribution is 0.409. The highest BCUT2D eigenvalue weighted by molar-refractivity contribution is 5.65. The molecule has 0 heterocycles. The standard InChI is InChI=1S/C72H72O16/c73-57-25-61(77)45-17-41(57)33-9-1-2-10-34-43-19-47(63(79)27-59(43)75)37-13-5-3-11-35(45)49-21-53(69(85)29-65(49)81)39-15-7-8-16-40(55-23-51(37)67(83)31-71(55)87)56-24-52(68(84)32-72(56)88)38(48-20-44(34)60(76)28-64(48)80)14-6-4-12-36(46-18-42(33)58(74)26-62(46)78)50-22-54(39)70(86)30-66(50)82/h17-40,73-88H,1-16H2. The number of hydrogen-bond acceptors (Lipinski definition) is 16. The number of rotatable bonds is 0. The van der Waals surface area contributed by atoms with Gasteiger partial charge in [-0.05, 0) is 99.9 Å². The third-order valence-corrected chi connectivity index (χ3v) is 20.4. The summed E-state index contributed by atoms with van der Waals surface area (Å²) in [6.07, 6.45) is 3.90. The SMILES string of the molecule is Oc1cc(O)c2cc1C1CCCCC3c4cc(c(O)cc4O)C4CCCCC2c2cc(c(O)cc2O)C2CCCCC(c5cc4c(O)cc5O)c4cc(c(O)cc4O)C(CCCCC(c4cc1c(O)cc4O)c1cc2c(O)cc1O)c1cc3c(O)cc1O. The van der Waals surface area contributed by atoms with Gasteiger partial charge in [0.25, 0.3) is 0 Å². The molecule has 0 radical (unpaired) electrons. The number of phenols is 16. The van der Waals surface area contributed by atoms with E-state index < -0.39 is 47.3 Å². The van der Waals surface area contributed by atoms with E-state index >= 15 is 0 Å². The predicted molar refractivity (Wildman–Crippen MR) is 327 cm³/mol. The fraction of sp³-hybridized carbons (Fsp3) is 0.333. The van der Waals surface area contributed by atoms with Gasteiger partial charge < -0.3 is 81.7 Å². The van der Waals surface area contributed by atoms with Crippen molar-refractivity contribution in [1.29, 1.82) is 0 Å². The Balaban J connectivity index is 1.20. The highest BCUT2D eigenvalue weighted by Crippen LogP contribution is 2.57.